The van der Waals surface area contributed by atoms with Crippen molar-refractivity contribution in [3.05, 3.63) is 29.8 Å². The lowest BCUT2D eigenvalue weighted by atomic mass is 9.79. The molecule has 0 bridgehead atoms. The van der Waals surface area contributed by atoms with Gasteiger partial charge in [-0.3, -0.25) is 0 Å². The van der Waals surface area contributed by atoms with E-state index in [0.29, 0.717) is 5.69 Å². The Morgan fingerprint density at radius 1 is 0.882 bits per heavy atom. The third kappa shape index (κ3) is 2.23. The minimum absolute atomic E-state index is 0.240. The van der Waals surface area contributed by atoms with Gasteiger partial charge in [0, 0.05) is 12.1 Å². The van der Waals surface area contributed by atoms with Crippen LogP contribution in [0.4, 0.5) is 23.2 Å². The number of hydrogen-bond donors (Lipinski definition) is 1. The molecule has 17 heavy (non-hydrogen) atoms. The highest BCUT2D eigenvalue weighted by Crippen LogP contribution is 2.40. The number of nitrogen functional groups attached to an aromatic ring is 1. The lowest BCUT2D eigenvalue weighted by Gasteiger charge is -2.34. The molecule has 1 unspecified atom stereocenters. The zero-order valence-corrected chi connectivity index (χ0v) is 8.99. The molecular weight excluding hydrogens is 234 g/mol. The third-order valence-electron chi connectivity index (χ3n) is 3.15. The summed E-state index contributed by atoms with van der Waals surface area (Å²) in [6, 6.07) is 5.74. The van der Waals surface area contributed by atoms with Crippen LogP contribution in [-0.2, 0) is 0 Å². The fraction of sp³-hybridized carbons (Fsp3) is 0.500. The quantitative estimate of drug-likeness (QED) is 0.599. The number of rotatable bonds is 1. The molecule has 0 spiro atoms. The van der Waals surface area contributed by atoms with E-state index in [0.717, 1.165) is 0 Å². The van der Waals surface area contributed by atoms with Crippen LogP contribution in [0.2, 0.25) is 0 Å². The van der Waals surface area contributed by atoms with E-state index in [1.54, 1.807) is 0 Å². The Balaban J connectivity index is 2.30. The van der Waals surface area contributed by atoms with Crippen molar-refractivity contribution < 1.29 is 17.6 Å². The number of benzene rings is 1. The first-order valence-electron chi connectivity index (χ1n) is 5.42. The Labute approximate surface area is 96.6 Å². The smallest absolute Gasteiger partial charge is 0.141 e. The Bertz CT molecular complexity index is 367. The molecule has 1 saturated carbocycles. The first-order chi connectivity index (χ1) is 8.00. The van der Waals surface area contributed by atoms with E-state index in [-0.39, 0.29) is 5.56 Å². The summed E-state index contributed by atoms with van der Waals surface area (Å²) in [5.41, 5.74) is 6.12. The Morgan fingerprint density at radius 3 is 1.82 bits per heavy atom. The molecule has 2 rings (SSSR count). The maximum Gasteiger partial charge on any atom is 0.141 e. The van der Waals surface area contributed by atoms with Crippen molar-refractivity contribution in [1.82, 2.24) is 0 Å². The van der Waals surface area contributed by atoms with Crippen molar-refractivity contribution in [2.45, 2.75) is 37.0 Å². The zero-order valence-electron chi connectivity index (χ0n) is 8.99. The minimum atomic E-state index is -2.01. The number of hydrogen-bond acceptors (Lipinski definition) is 1. The molecule has 1 nitrogen and oxygen atoms in total. The Morgan fingerprint density at radius 2 is 1.35 bits per heavy atom. The van der Waals surface area contributed by atoms with Crippen LogP contribution < -0.4 is 5.73 Å². The molecule has 1 aliphatic rings. The SMILES string of the molecule is Nc1ccc(C2[C@@H](F)[C@@H](F)C[C@@H](F)[C@H]2F)cc1. The van der Waals surface area contributed by atoms with Crippen LogP contribution in [-0.4, -0.2) is 24.7 Å². The lowest BCUT2D eigenvalue weighted by Crippen LogP contribution is -2.43. The molecule has 1 fully saturated rings. The van der Waals surface area contributed by atoms with E-state index < -0.39 is 37.0 Å². The van der Waals surface area contributed by atoms with Gasteiger partial charge in [0.1, 0.15) is 24.7 Å². The molecule has 1 aromatic rings. The van der Waals surface area contributed by atoms with Gasteiger partial charge in [0.15, 0.2) is 0 Å². The monoisotopic (exact) mass is 247 g/mol. The molecule has 0 heterocycles. The van der Waals surface area contributed by atoms with Crippen molar-refractivity contribution in [2.24, 2.45) is 0 Å². The molecule has 0 saturated heterocycles. The minimum Gasteiger partial charge on any atom is -0.399 e. The van der Waals surface area contributed by atoms with Crippen LogP contribution in [0.1, 0.15) is 17.9 Å². The van der Waals surface area contributed by atoms with E-state index in [4.69, 9.17) is 5.73 Å². The lowest BCUT2D eigenvalue weighted by molar-refractivity contribution is -0.00570. The van der Waals surface area contributed by atoms with Crippen LogP contribution in [0, 0.1) is 0 Å². The normalized spacial score (nSPS) is 38.0. The second-order valence-electron chi connectivity index (χ2n) is 4.35. The molecule has 1 aromatic carbocycles. The van der Waals surface area contributed by atoms with Crippen LogP contribution in [0.25, 0.3) is 0 Å². The maximum atomic E-state index is 13.6. The largest absolute Gasteiger partial charge is 0.399 e. The highest BCUT2D eigenvalue weighted by atomic mass is 19.2. The van der Waals surface area contributed by atoms with Gasteiger partial charge in [0.25, 0.3) is 0 Å². The van der Waals surface area contributed by atoms with Gasteiger partial charge in [0.05, 0.1) is 5.92 Å². The van der Waals surface area contributed by atoms with Crippen LogP contribution in [0.3, 0.4) is 0 Å². The summed E-state index contributed by atoms with van der Waals surface area (Å²) >= 11 is 0. The summed E-state index contributed by atoms with van der Waals surface area (Å²) in [5.74, 6) is -1.39. The van der Waals surface area contributed by atoms with Crippen LogP contribution in [0.15, 0.2) is 24.3 Å². The van der Waals surface area contributed by atoms with E-state index >= 15 is 0 Å². The molecular formula is C12H13F4N. The van der Waals surface area contributed by atoms with Gasteiger partial charge in [-0.05, 0) is 17.7 Å². The molecule has 1 aliphatic carbocycles. The van der Waals surface area contributed by atoms with Crippen molar-refractivity contribution in [2.75, 3.05) is 5.73 Å². The summed E-state index contributed by atoms with van der Waals surface area (Å²) < 4.78 is 53.7. The topological polar surface area (TPSA) is 26.0 Å². The Hall–Kier alpha value is -1.26. The van der Waals surface area contributed by atoms with Crippen molar-refractivity contribution in [1.29, 1.82) is 0 Å². The van der Waals surface area contributed by atoms with Gasteiger partial charge in [-0.15, -0.1) is 0 Å². The molecule has 0 aliphatic heterocycles. The second-order valence-corrected chi connectivity index (χ2v) is 4.35. The number of anilines is 1. The van der Waals surface area contributed by atoms with E-state index in [1.807, 2.05) is 0 Å². The highest BCUT2D eigenvalue weighted by Gasteiger charge is 2.47. The average molecular weight is 247 g/mol. The highest BCUT2D eigenvalue weighted by molar-refractivity contribution is 5.41. The summed E-state index contributed by atoms with van der Waals surface area (Å²) in [7, 11) is 0. The summed E-state index contributed by atoms with van der Waals surface area (Å²) in [6.07, 6.45) is -8.66. The molecule has 2 N–H and O–H groups in total. The van der Waals surface area contributed by atoms with Gasteiger partial charge in [-0.25, -0.2) is 17.6 Å². The van der Waals surface area contributed by atoms with Gasteiger partial charge in [0.2, 0.25) is 0 Å². The van der Waals surface area contributed by atoms with Gasteiger partial charge in [-0.2, -0.15) is 0 Å². The van der Waals surface area contributed by atoms with Gasteiger partial charge < -0.3 is 5.73 Å². The van der Waals surface area contributed by atoms with Crippen LogP contribution >= 0.6 is 0 Å². The molecule has 0 aromatic heterocycles. The Kier molecular flexibility index (Phi) is 3.26. The average Bonchev–Trinajstić information content (AvgIpc) is 2.29. The predicted molar refractivity (Wildman–Crippen MR) is 57.8 cm³/mol. The molecule has 5 atom stereocenters. The predicted octanol–water partition coefficient (Wildman–Crippen LogP) is 3.11. The van der Waals surface area contributed by atoms with Gasteiger partial charge in [-0.1, -0.05) is 12.1 Å². The van der Waals surface area contributed by atoms with E-state index in [2.05, 4.69) is 0 Å². The van der Waals surface area contributed by atoms with Crippen molar-refractivity contribution in [3.8, 4) is 0 Å². The van der Waals surface area contributed by atoms with E-state index in [9.17, 15) is 17.6 Å². The molecule has 94 valence electrons. The second kappa shape index (κ2) is 4.55. The number of alkyl halides is 4. The van der Waals surface area contributed by atoms with Crippen molar-refractivity contribution in [3.63, 3.8) is 0 Å². The molecule has 0 amide bonds. The third-order valence-corrected chi connectivity index (χ3v) is 3.15. The number of nitrogens with two attached hydrogens (primary N) is 1. The maximum absolute atomic E-state index is 13.6. The van der Waals surface area contributed by atoms with Gasteiger partial charge >= 0.3 is 0 Å². The first kappa shape index (κ1) is 12.2. The summed E-state index contributed by atoms with van der Waals surface area (Å²) in [6.45, 7) is 0. The van der Waals surface area contributed by atoms with E-state index in [1.165, 1.54) is 24.3 Å². The summed E-state index contributed by atoms with van der Waals surface area (Å²) in [5, 5.41) is 0. The molecule has 5 heteroatoms. The zero-order chi connectivity index (χ0) is 12.6. The summed E-state index contributed by atoms with van der Waals surface area (Å²) in [4.78, 5) is 0. The molecule has 0 radical (unpaired) electrons. The first-order valence-corrected chi connectivity index (χ1v) is 5.42. The number of halogens is 4. The standard InChI is InChI=1S/C12H13F4N/c13-8-5-9(14)12(16)10(11(8)15)6-1-3-7(17)4-2-6/h1-4,8-12H,5,17H2/t8-,9+,10?,11-,12+. The van der Waals surface area contributed by atoms with Crippen LogP contribution in [0.5, 0.6) is 0 Å². The fourth-order valence-corrected chi connectivity index (χ4v) is 2.19. The van der Waals surface area contributed by atoms with Crippen molar-refractivity contribution >= 4 is 5.69 Å². The fourth-order valence-electron chi connectivity index (χ4n) is 2.19.